The number of carbonyl (C=O) groups is 1. The minimum absolute atomic E-state index is 0.0180. The van der Waals surface area contributed by atoms with Crippen LogP contribution in [0.3, 0.4) is 0 Å². The summed E-state index contributed by atoms with van der Waals surface area (Å²) < 4.78 is 10.1. The Morgan fingerprint density at radius 3 is 2.80 bits per heavy atom. The van der Waals surface area contributed by atoms with Crippen LogP contribution in [0.25, 0.3) is 11.3 Å². The average Bonchev–Trinajstić information content (AvgIpc) is 2.88. The first kappa shape index (κ1) is 14.1. The van der Waals surface area contributed by atoms with Gasteiger partial charge in [0.25, 0.3) is 5.69 Å². The van der Waals surface area contributed by atoms with Crippen molar-refractivity contribution in [2.24, 2.45) is 0 Å². The van der Waals surface area contributed by atoms with Crippen molar-refractivity contribution in [1.29, 1.82) is 0 Å². The number of benzene rings is 1. The zero-order chi connectivity index (χ0) is 14.7. The summed E-state index contributed by atoms with van der Waals surface area (Å²) in [5.74, 6) is -0.313. The van der Waals surface area contributed by atoms with E-state index < -0.39 is 10.9 Å². The number of halogens is 1. The van der Waals surface area contributed by atoms with Crippen LogP contribution in [0, 0.1) is 10.1 Å². The van der Waals surface area contributed by atoms with E-state index in [1.807, 2.05) is 0 Å². The van der Waals surface area contributed by atoms with E-state index in [2.05, 4.69) is 0 Å². The Morgan fingerprint density at radius 2 is 2.15 bits per heavy atom. The highest BCUT2D eigenvalue weighted by atomic mass is 35.5. The molecule has 0 spiro atoms. The van der Waals surface area contributed by atoms with Crippen LogP contribution in [-0.2, 0) is 4.74 Å². The Balaban J connectivity index is 2.39. The molecule has 0 N–H and O–H groups in total. The lowest BCUT2D eigenvalue weighted by molar-refractivity contribution is -0.384. The van der Waals surface area contributed by atoms with Gasteiger partial charge in [0.15, 0.2) is 0 Å². The number of hydrogen-bond donors (Lipinski definition) is 0. The van der Waals surface area contributed by atoms with Gasteiger partial charge < -0.3 is 9.15 Å². The molecule has 0 radical (unpaired) electrons. The molecule has 0 aliphatic heterocycles. The molecule has 0 bridgehead atoms. The monoisotopic (exact) mass is 295 g/mol. The molecule has 20 heavy (non-hydrogen) atoms. The summed E-state index contributed by atoms with van der Waals surface area (Å²) in [6.45, 7) is 1.91. The number of ether oxygens (including phenoxy) is 1. The predicted molar refractivity (Wildman–Crippen MR) is 71.8 cm³/mol. The van der Waals surface area contributed by atoms with Crippen LogP contribution < -0.4 is 0 Å². The van der Waals surface area contributed by atoms with Crippen molar-refractivity contribution in [2.45, 2.75) is 6.92 Å². The third-order valence-corrected chi connectivity index (χ3v) is 2.84. The van der Waals surface area contributed by atoms with Crippen LogP contribution in [0.4, 0.5) is 5.69 Å². The van der Waals surface area contributed by atoms with Gasteiger partial charge in [0, 0.05) is 17.7 Å². The topological polar surface area (TPSA) is 82.6 Å². The highest BCUT2D eigenvalue weighted by Gasteiger charge is 2.17. The van der Waals surface area contributed by atoms with E-state index in [0.29, 0.717) is 10.6 Å². The zero-order valence-electron chi connectivity index (χ0n) is 10.5. The molecule has 0 atom stereocenters. The molecule has 2 aromatic rings. The van der Waals surface area contributed by atoms with Crippen LogP contribution in [0.1, 0.15) is 17.5 Å². The van der Waals surface area contributed by atoms with Crippen LogP contribution in [-0.4, -0.2) is 17.5 Å². The molecule has 0 aliphatic carbocycles. The van der Waals surface area contributed by atoms with Gasteiger partial charge in [-0.25, -0.2) is 4.79 Å². The highest BCUT2D eigenvalue weighted by Crippen LogP contribution is 2.32. The van der Waals surface area contributed by atoms with Crippen molar-refractivity contribution in [2.75, 3.05) is 6.61 Å². The van der Waals surface area contributed by atoms with Gasteiger partial charge in [-0.3, -0.25) is 10.1 Å². The number of rotatable bonds is 4. The third-order valence-electron chi connectivity index (χ3n) is 2.51. The van der Waals surface area contributed by atoms with E-state index in [4.69, 9.17) is 20.8 Å². The second-order valence-corrected chi connectivity index (χ2v) is 4.21. The lowest BCUT2D eigenvalue weighted by Gasteiger charge is -2.01. The smallest absolute Gasteiger partial charge is 0.374 e. The molecule has 1 aromatic heterocycles. The summed E-state index contributed by atoms with van der Waals surface area (Å²) in [7, 11) is 0. The van der Waals surface area contributed by atoms with E-state index in [9.17, 15) is 14.9 Å². The maximum atomic E-state index is 11.5. The number of hydrogen-bond acceptors (Lipinski definition) is 5. The number of nitro groups is 1. The lowest BCUT2D eigenvalue weighted by atomic mass is 10.1. The van der Waals surface area contributed by atoms with Gasteiger partial charge in [0.1, 0.15) is 5.76 Å². The van der Waals surface area contributed by atoms with Gasteiger partial charge in [0.05, 0.1) is 16.6 Å². The van der Waals surface area contributed by atoms with Gasteiger partial charge in [-0.05, 0) is 25.1 Å². The molecule has 104 valence electrons. The molecule has 6 nitrogen and oxygen atoms in total. The highest BCUT2D eigenvalue weighted by molar-refractivity contribution is 6.33. The summed E-state index contributed by atoms with van der Waals surface area (Å²) in [6, 6.07) is 6.93. The average molecular weight is 296 g/mol. The summed E-state index contributed by atoms with van der Waals surface area (Å²) in [6.07, 6.45) is 0. The first-order valence-corrected chi connectivity index (χ1v) is 6.12. The second-order valence-electron chi connectivity index (χ2n) is 3.81. The van der Waals surface area contributed by atoms with Gasteiger partial charge >= 0.3 is 5.97 Å². The van der Waals surface area contributed by atoms with Gasteiger partial charge in [-0.15, -0.1) is 0 Å². The number of nitro benzene ring substituents is 1. The van der Waals surface area contributed by atoms with Crippen molar-refractivity contribution in [1.82, 2.24) is 0 Å². The molecule has 0 fully saturated rings. The number of carbonyl (C=O) groups excluding carboxylic acids is 1. The summed E-state index contributed by atoms with van der Waals surface area (Å²) in [5, 5.41) is 11.0. The molecule has 0 saturated carbocycles. The predicted octanol–water partition coefficient (Wildman–Crippen LogP) is 3.68. The zero-order valence-corrected chi connectivity index (χ0v) is 11.2. The van der Waals surface area contributed by atoms with Crippen molar-refractivity contribution in [3.05, 3.63) is 51.2 Å². The number of furan rings is 1. The lowest BCUT2D eigenvalue weighted by Crippen LogP contribution is -2.02. The molecule has 0 unspecified atom stereocenters. The molecule has 0 aliphatic rings. The Labute approximate surface area is 119 Å². The van der Waals surface area contributed by atoms with E-state index in [-0.39, 0.29) is 23.8 Å². The summed E-state index contributed by atoms with van der Waals surface area (Å²) in [4.78, 5) is 21.7. The van der Waals surface area contributed by atoms with Crippen LogP contribution in [0.2, 0.25) is 5.02 Å². The SMILES string of the molecule is CCOC(=O)c1ccc(-c2cc([N+](=O)[O-])ccc2Cl)o1. The van der Waals surface area contributed by atoms with E-state index in [1.165, 1.54) is 30.3 Å². The number of non-ortho nitro benzene ring substituents is 1. The van der Waals surface area contributed by atoms with Crippen molar-refractivity contribution >= 4 is 23.3 Å². The fourth-order valence-electron chi connectivity index (χ4n) is 1.61. The van der Waals surface area contributed by atoms with Gasteiger partial charge in [0.2, 0.25) is 5.76 Å². The molecule has 1 aromatic carbocycles. The largest absolute Gasteiger partial charge is 0.460 e. The minimum atomic E-state index is -0.597. The summed E-state index contributed by atoms with van der Waals surface area (Å²) in [5.41, 5.74) is 0.231. The molecular weight excluding hydrogens is 286 g/mol. The van der Waals surface area contributed by atoms with Crippen LogP contribution in [0.15, 0.2) is 34.7 Å². The minimum Gasteiger partial charge on any atom is -0.460 e. The van der Waals surface area contributed by atoms with Crippen LogP contribution >= 0.6 is 11.6 Å². The standard InChI is InChI=1S/C13H10ClNO5/c1-2-19-13(16)12-6-5-11(20-12)9-7-8(15(17)18)3-4-10(9)14/h3-7H,2H2,1H3. The van der Waals surface area contributed by atoms with Crippen molar-refractivity contribution in [3.63, 3.8) is 0 Å². The number of nitrogens with zero attached hydrogens (tertiary/aromatic N) is 1. The van der Waals surface area contributed by atoms with Gasteiger partial charge in [-0.1, -0.05) is 11.6 Å². The van der Waals surface area contributed by atoms with E-state index >= 15 is 0 Å². The summed E-state index contributed by atoms with van der Waals surface area (Å²) >= 11 is 5.99. The Bertz CT molecular complexity index is 665. The Kier molecular flexibility index (Phi) is 4.05. The van der Waals surface area contributed by atoms with E-state index in [1.54, 1.807) is 6.92 Å². The Hall–Kier alpha value is -2.34. The van der Waals surface area contributed by atoms with Crippen molar-refractivity contribution in [3.8, 4) is 11.3 Å². The molecule has 2 rings (SSSR count). The maximum absolute atomic E-state index is 11.5. The second kappa shape index (κ2) is 5.75. The molecule has 0 amide bonds. The third kappa shape index (κ3) is 2.80. The fraction of sp³-hybridized carbons (Fsp3) is 0.154. The quantitative estimate of drug-likeness (QED) is 0.488. The maximum Gasteiger partial charge on any atom is 0.374 e. The normalized spacial score (nSPS) is 10.3. The van der Waals surface area contributed by atoms with Gasteiger partial charge in [-0.2, -0.15) is 0 Å². The molecule has 1 heterocycles. The van der Waals surface area contributed by atoms with E-state index in [0.717, 1.165) is 0 Å². The molecule has 0 saturated heterocycles. The molecular formula is C13H10ClNO5. The first-order chi connectivity index (χ1) is 9.52. The fourth-order valence-corrected chi connectivity index (χ4v) is 1.82. The van der Waals surface area contributed by atoms with Crippen LogP contribution in [0.5, 0.6) is 0 Å². The first-order valence-electron chi connectivity index (χ1n) is 5.74. The molecule has 7 heteroatoms. The number of esters is 1. The van der Waals surface area contributed by atoms with Crippen molar-refractivity contribution < 1.29 is 18.9 Å². The Morgan fingerprint density at radius 1 is 1.40 bits per heavy atom.